The first kappa shape index (κ1) is 14.5. The third-order valence-electron chi connectivity index (χ3n) is 2.44. The SMILES string of the molecule is CCOC/C=C(/C)c1c(OCC)cc(C)oc1=O. The van der Waals surface area contributed by atoms with Crippen LogP contribution in [0.1, 0.15) is 32.1 Å². The van der Waals surface area contributed by atoms with Gasteiger partial charge in [-0.3, -0.25) is 0 Å². The number of allylic oxidation sites excluding steroid dienone is 1. The Morgan fingerprint density at radius 1 is 1.39 bits per heavy atom. The molecule has 0 aliphatic heterocycles. The zero-order chi connectivity index (χ0) is 13.5. The molecular formula is C14H20O4. The molecule has 0 amide bonds. The summed E-state index contributed by atoms with van der Waals surface area (Å²) in [6.07, 6.45) is 1.85. The minimum atomic E-state index is -0.372. The van der Waals surface area contributed by atoms with Crippen LogP contribution in [0.15, 0.2) is 21.4 Å². The standard InChI is InChI=1S/C14H20O4/c1-5-16-8-7-10(3)13-12(17-6-2)9-11(4)18-14(13)15/h7,9H,5-6,8H2,1-4H3/b10-7-. The second kappa shape index (κ2) is 7.01. The molecule has 0 spiro atoms. The molecule has 0 atom stereocenters. The van der Waals surface area contributed by atoms with Gasteiger partial charge >= 0.3 is 5.63 Å². The average molecular weight is 252 g/mol. The van der Waals surface area contributed by atoms with Crippen LogP contribution < -0.4 is 10.4 Å². The summed E-state index contributed by atoms with van der Waals surface area (Å²) in [5, 5.41) is 0. The van der Waals surface area contributed by atoms with Gasteiger partial charge in [0.25, 0.3) is 0 Å². The van der Waals surface area contributed by atoms with E-state index in [0.29, 0.717) is 36.9 Å². The van der Waals surface area contributed by atoms with Gasteiger partial charge in [0.2, 0.25) is 0 Å². The minimum absolute atomic E-state index is 0.372. The van der Waals surface area contributed by atoms with Crippen LogP contribution in [0.4, 0.5) is 0 Å². The number of aryl methyl sites for hydroxylation is 1. The van der Waals surface area contributed by atoms with Crippen LogP contribution in [0.25, 0.3) is 5.57 Å². The molecular weight excluding hydrogens is 232 g/mol. The lowest BCUT2D eigenvalue weighted by atomic mass is 10.1. The van der Waals surface area contributed by atoms with Gasteiger partial charge in [-0.2, -0.15) is 0 Å². The van der Waals surface area contributed by atoms with E-state index in [1.54, 1.807) is 13.0 Å². The normalized spacial score (nSPS) is 11.7. The third kappa shape index (κ3) is 3.74. The first-order chi connectivity index (χ1) is 8.60. The summed E-state index contributed by atoms with van der Waals surface area (Å²) in [5.41, 5.74) is 0.909. The third-order valence-corrected chi connectivity index (χ3v) is 2.44. The number of rotatable bonds is 6. The molecule has 1 aromatic heterocycles. The lowest BCUT2D eigenvalue weighted by Crippen LogP contribution is -2.10. The molecule has 0 fully saturated rings. The first-order valence-corrected chi connectivity index (χ1v) is 6.12. The molecule has 4 heteroatoms. The largest absolute Gasteiger partial charge is 0.493 e. The summed E-state index contributed by atoms with van der Waals surface area (Å²) < 4.78 is 15.8. The van der Waals surface area contributed by atoms with E-state index in [9.17, 15) is 4.79 Å². The molecule has 1 heterocycles. The summed E-state index contributed by atoms with van der Waals surface area (Å²) in [7, 11) is 0. The Bertz CT molecular complexity index is 471. The smallest absolute Gasteiger partial charge is 0.347 e. The Morgan fingerprint density at radius 3 is 2.72 bits per heavy atom. The lowest BCUT2D eigenvalue weighted by molar-refractivity contribution is 0.178. The van der Waals surface area contributed by atoms with Crippen molar-refractivity contribution in [3.8, 4) is 5.75 Å². The Morgan fingerprint density at radius 2 is 2.11 bits per heavy atom. The van der Waals surface area contributed by atoms with Crippen LogP contribution in [0, 0.1) is 6.92 Å². The Labute approximate surface area is 107 Å². The van der Waals surface area contributed by atoms with Crippen molar-refractivity contribution in [1.82, 2.24) is 0 Å². The summed E-state index contributed by atoms with van der Waals surface area (Å²) in [6, 6.07) is 1.73. The summed E-state index contributed by atoms with van der Waals surface area (Å²) in [4.78, 5) is 11.9. The van der Waals surface area contributed by atoms with Crippen LogP contribution in [0.2, 0.25) is 0 Å². The Hall–Kier alpha value is -1.55. The number of hydrogen-bond acceptors (Lipinski definition) is 4. The van der Waals surface area contributed by atoms with Crippen molar-refractivity contribution in [2.24, 2.45) is 0 Å². The number of hydrogen-bond donors (Lipinski definition) is 0. The second-order valence-electron chi connectivity index (χ2n) is 3.86. The molecule has 0 bridgehead atoms. The molecule has 0 aliphatic rings. The van der Waals surface area contributed by atoms with Crippen molar-refractivity contribution in [1.29, 1.82) is 0 Å². The fourth-order valence-corrected chi connectivity index (χ4v) is 1.61. The maximum absolute atomic E-state index is 11.9. The summed E-state index contributed by atoms with van der Waals surface area (Å²) in [5.74, 6) is 1.11. The van der Waals surface area contributed by atoms with Crippen molar-refractivity contribution in [2.75, 3.05) is 19.8 Å². The van der Waals surface area contributed by atoms with Crippen LogP contribution in [-0.2, 0) is 4.74 Å². The van der Waals surface area contributed by atoms with Gasteiger partial charge in [0.05, 0.1) is 13.2 Å². The Kier molecular flexibility index (Phi) is 5.65. The molecule has 0 N–H and O–H groups in total. The molecule has 0 saturated carbocycles. The fraction of sp³-hybridized carbons (Fsp3) is 0.500. The molecule has 4 nitrogen and oxygen atoms in total. The molecule has 0 saturated heterocycles. The predicted octanol–water partition coefficient (Wildman–Crippen LogP) is 2.79. The topological polar surface area (TPSA) is 48.7 Å². The molecule has 0 unspecified atom stereocenters. The van der Waals surface area contributed by atoms with Crippen molar-refractivity contribution >= 4 is 5.57 Å². The van der Waals surface area contributed by atoms with E-state index in [2.05, 4.69) is 0 Å². The van der Waals surface area contributed by atoms with Crippen LogP contribution >= 0.6 is 0 Å². The summed E-state index contributed by atoms with van der Waals surface area (Å²) in [6.45, 7) is 9.01. The van der Waals surface area contributed by atoms with Crippen molar-refractivity contribution in [3.05, 3.63) is 33.9 Å². The molecule has 0 radical (unpaired) electrons. The van der Waals surface area contributed by atoms with Gasteiger partial charge in [-0.15, -0.1) is 0 Å². The van der Waals surface area contributed by atoms with E-state index in [1.807, 2.05) is 26.8 Å². The maximum atomic E-state index is 11.9. The predicted molar refractivity (Wildman–Crippen MR) is 71.0 cm³/mol. The highest BCUT2D eigenvalue weighted by atomic mass is 16.5. The highest BCUT2D eigenvalue weighted by molar-refractivity contribution is 5.68. The van der Waals surface area contributed by atoms with Gasteiger partial charge in [0.15, 0.2) is 0 Å². The van der Waals surface area contributed by atoms with Gasteiger partial charge in [0, 0.05) is 12.7 Å². The molecule has 0 aliphatic carbocycles. The fourth-order valence-electron chi connectivity index (χ4n) is 1.61. The van der Waals surface area contributed by atoms with Crippen LogP contribution in [0.3, 0.4) is 0 Å². The van der Waals surface area contributed by atoms with Crippen molar-refractivity contribution < 1.29 is 13.9 Å². The zero-order valence-corrected chi connectivity index (χ0v) is 11.4. The van der Waals surface area contributed by atoms with Gasteiger partial charge in [-0.05, 0) is 33.3 Å². The van der Waals surface area contributed by atoms with E-state index in [-0.39, 0.29) is 5.63 Å². The van der Waals surface area contributed by atoms with Crippen LogP contribution in [-0.4, -0.2) is 19.8 Å². The van der Waals surface area contributed by atoms with E-state index in [1.165, 1.54) is 0 Å². The van der Waals surface area contributed by atoms with Crippen LogP contribution in [0.5, 0.6) is 5.75 Å². The zero-order valence-electron chi connectivity index (χ0n) is 11.4. The van der Waals surface area contributed by atoms with Gasteiger partial charge in [-0.25, -0.2) is 4.79 Å². The van der Waals surface area contributed by atoms with Gasteiger partial charge in [0.1, 0.15) is 17.1 Å². The Balaban J connectivity index is 3.13. The lowest BCUT2D eigenvalue weighted by Gasteiger charge is -2.09. The quantitative estimate of drug-likeness (QED) is 0.730. The molecule has 1 rings (SSSR count). The number of ether oxygens (including phenoxy) is 2. The van der Waals surface area contributed by atoms with E-state index >= 15 is 0 Å². The van der Waals surface area contributed by atoms with E-state index in [0.717, 1.165) is 5.57 Å². The highest BCUT2D eigenvalue weighted by Gasteiger charge is 2.13. The van der Waals surface area contributed by atoms with E-state index in [4.69, 9.17) is 13.9 Å². The maximum Gasteiger partial charge on any atom is 0.347 e. The van der Waals surface area contributed by atoms with Crippen molar-refractivity contribution in [2.45, 2.75) is 27.7 Å². The molecule has 18 heavy (non-hydrogen) atoms. The highest BCUT2D eigenvalue weighted by Crippen LogP contribution is 2.23. The summed E-state index contributed by atoms with van der Waals surface area (Å²) >= 11 is 0. The first-order valence-electron chi connectivity index (χ1n) is 6.12. The minimum Gasteiger partial charge on any atom is -0.493 e. The molecule has 0 aromatic carbocycles. The van der Waals surface area contributed by atoms with Crippen molar-refractivity contribution in [3.63, 3.8) is 0 Å². The van der Waals surface area contributed by atoms with Gasteiger partial charge in [-0.1, -0.05) is 6.08 Å². The van der Waals surface area contributed by atoms with Gasteiger partial charge < -0.3 is 13.9 Å². The van der Waals surface area contributed by atoms with E-state index < -0.39 is 0 Å². The second-order valence-corrected chi connectivity index (χ2v) is 3.86. The monoisotopic (exact) mass is 252 g/mol. The average Bonchev–Trinajstić information content (AvgIpc) is 2.28. The molecule has 100 valence electrons. The molecule has 1 aromatic rings.